The number of sulfonamides is 1. The zero-order valence-corrected chi connectivity index (χ0v) is 25.7. The summed E-state index contributed by atoms with van der Waals surface area (Å²) in [7, 11) is -4.36. The maximum atomic E-state index is 14.1. The summed E-state index contributed by atoms with van der Waals surface area (Å²) >= 11 is 12.3. The highest BCUT2D eigenvalue weighted by Crippen LogP contribution is 2.28. The van der Waals surface area contributed by atoms with Crippen LogP contribution in [0.1, 0.15) is 39.2 Å². The van der Waals surface area contributed by atoms with Gasteiger partial charge < -0.3 is 10.2 Å². The third-order valence-electron chi connectivity index (χ3n) is 6.66. The highest BCUT2D eigenvalue weighted by molar-refractivity contribution is 7.92. The molecular formula is C29H32Cl2N4O6S. The third kappa shape index (κ3) is 7.99. The minimum atomic E-state index is -4.36. The van der Waals surface area contributed by atoms with Crippen LogP contribution in [0.2, 0.25) is 10.0 Å². The quantitative estimate of drug-likeness (QED) is 0.186. The SMILES string of the molecule is CC[C@@H](C)NC(=O)[C@H](CC)N(Cc1ccc(Cl)c(Cl)c1)C(=O)CN(c1cccc([N+](=O)[O-])c1)S(=O)(=O)c1ccccc1. The summed E-state index contributed by atoms with van der Waals surface area (Å²) in [6, 6.07) is 16.1. The van der Waals surface area contributed by atoms with Gasteiger partial charge in [0.1, 0.15) is 12.6 Å². The molecule has 2 amide bonds. The zero-order valence-electron chi connectivity index (χ0n) is 23.4. The van der Waals surface area contributed by atoms with Gasteiger partial charge in [0, 0.05) is 24.7 Å². The number of benzene rings is 3. The fraction of sp³-hybridized carbons (Fsp3) is 0.310. The summed E-state index contributed by atoms with van der Waals surface area (Å²) in [4.78, 5) is 39.4. The van der Waals surface area contributed by atoms with Gasteiger partial charge in [-0.2, -0.15) is 0 Å². The Balaban J connectivity index is 2.11. The molecule has 3 aromatic rings. The van der Waals surface area contributed by atoms with Crippen LogP contribution in [0.5, 0.6) is 0 Å². The third-order valence-corrected chi connectivity index (χ3v) is 9.19. The summed E-state index contributed by atoms with van der Waals surface area (Å²) in [6.07, 6.45) is 0.899. The van der Waals surface area contributed by atoms with Crippen LogP contribution < -0.4 is 9.62 Å². The fourth-order valence-corrected chi connectivity index (χ4v) is 5.95. The van der Waals surface area contributed by atoms with Crippen molar-refractivity contribution in [3.05, 3.63) is 98.5 Å². The van der Waals surface area contributed by atoms with E-state index in [1.54, 1.807) is 31.2 Å². The Labute approximate surface area is 255 Å². The van der Waals surface area contributed by atoms with Crippen molar-refractivity contribution in [1.29, 1.82) is 0 Å². The molecule has 224 valence electrons. The van der Waals surface area contributed by atoms with E-state index in [2.05, 4.69) is 5.32 Å². The lowest BCUT2D eigenvalue weighted by Gasteiger charge is -2.33. The number of rotatable bonds is 13. The maximum absolute atomic E-state index is 14.1. The number of hydrogen-bond donors (Lipinski definition) is 1. The standard InChI is InChI=1S/C29H32Cl2N4O6S/c1-4-20(3)32-29(37)27(5-2)33(18-21-14-15-25(30)26(31)16-21)28(36)19-34(22-10-9-11-23(17-22)35(38)39)42(40,41)24-12-7-6-8-13-24/h6-17,20,27H,4-5,18-19H2,1-3H3,(H,32,37)/t20-,27+/m1/s1. The Bertz CT molecular complexity index is 1540. The molecule has 0 heterocycles. The molecule has 10 nitrogen and oxygen atoms in total. The van der Waals surface area contributed by atoms with E-state index in [1.807, 2.05) is 13.8 Å². The first-order valence-corrected chi connectivity index (χ1v) is 15.4. The van der Waals surface area contributed by atoms with Crippen LogP contribution in [0, 0.1) is 10.1 Å². The molecular weight excluding hydrogens is 603 g/mol. The highest BCUT2D eigenvalue weighted by Gasteiger charge is 2.34. The summed E-state index contributed by atoms with van der Waals surface area (Å²) in [5.74, 6) is -1.09. The van der Waals surface area contributed by atoms with E-state index in [0.29, 0.717) is 17.0 Å². The van der Waals surface area contributed by atoms with E-state index in [-0.39, 0.29) is 40.3 Å². The minimum Gasteiger partial charge on any atom is -0.352 e. The van der Waals surface area contributed by atoms with Gasteiger partial charge in [-0.15, -0.1) is 0 Å². The van der Waals surface area contributed by atoms with Crippen LogP contribution in [0.3, 0.4) is 0 Å². The van der Waals surface area contributed by atoms with Crippen molar-refractivity contribution < 1.29 is 22.9 Å². The van der Waals surface area contributed by atoms with E-state index in [0.717, 1.165) is 10.4 Å². The summed E-state index contributed by atoms with van der Waals surface area (Å²) < 4.78 is 28.5. The molecule has 0 spiro atoms. The van der Waals surface area contributed by atoms with Crippen LogP contribution in [0.15, 0.2) is 77.7 Å². The lowest BCUT2D eigenvalue weighted by molar-refractivity contribution is -0.384. The number of nitrogens with one attached hydrogen (secondary N) is 1. The molecule has 0 aliphatic rings. The van der Waals surface area contributed by atoms with Gasteiger partial charge in [0.15, 0.2) is 0 Å². The molecule has 13 heteroatoms. The number of amides is 2. The molecule has 0 aromatic heterocycles. The topological polar surface area (TPSA) is 130 Å². The predicted octanol–water partition coefficient (Wildman–Crippen LogP) is 5.82. The van der Waals surface area contributed by atoms with Crippen molar-refractivity contribution in [3.63, 3.8) is 0 Å². The Morgan fingerprint density at radius 1 is 0.952 bits per heavy atom. The molecule has 0 saturated carbocycles. The van der Waals surface area contributed by atoms with Crippen molar-refractivity contribution in [3.8, 4) is 0 Å². The number of halogens is 2. The summed E-state index contributed by atoms with van der Waals surface area (Å²) in [5, 5.41) is 15.0. The normalized spacial score (nSPS) is 12.7. The molecule has 0 saturated heterocycles. The lowest BCUT2D eigenvalue weighted by Crippen LogP contribution is -2.53. The van der Waals surface area contributed by atoms with E-state index in [9.17, 15) is 28.1 Å². The predicted molar refractivity (Wildman–Crippen MR) is 163 cm³/mol. The van der Waals surface area contributed by atoms with Crippen LogP contribution in [0.25, 0.3) is 0 Å². The molecule has 3 aromatic carbocycles. The molecule has 0 aliphatic heterocycles. The number of hydrogen-bond acceptors (Lipinski definition) is 6. The van der Waals surface area contributed by atoms with Crippen molar-refractivity contribution in [2.24, 2.45) is 0 Å². The van der Waals surface area contributed by atoms with Crippen LogP contribution in [-0.2, 0) is 26.2 Å². The number of nitro benzene ring substituents is 1. The number of anilines is 1. The molecule has 2 atom stereocenters. The van der Waals surface area contributed by atoms with Gasteiger partial charge in [0.05, 0.1) is 25.6 Å². The Morgan fingerprint density at radius 3 is 2.24 bits per heavy atom. The number of carbonyl (C=O) groups excluding carboxylic acids is 2. The largest absolute Gasteiger partial charge is 0.352 e. The number of nitro groups is 1. The summed E-state index contributed by atoms with van der Waals surface area (Å²) in [6.45, 7) is 4.69. The van der Waals surface area contributed by atoms with Crippen molar-refractivity contribution >= 4 is 56.4 Å². The van der Waals surface area contributed by atoms with Gasteiger partial charge in [-0.3, -0.25) is 24.0 Å². The molecule has 1 N–H and O–H groups in total. The molecule has 0 fully saturated rings. The Hall–Kier alpha value is -3.67. The van der Waals surface area contributed by atoms with Crippen LogP contribution in [0.4, 0.5) is 11.4 Å². The van der Waals surface area contributed by atoms with Crippen LogP contribution in [-0.4, -0.2) is 48.7 Å². The second kappa shape index (κ2) is 14.5. The molecule has 0 bridgehead atoms. The second-order valence-electron chi connectivity index (χ2n) is 9.61. The molecule has 0 unspecified atom stereocenters. The van der Waals surface area contributed by atoms with Gasteiger partial charge >= 0.3 is 0 Å². The first-order valence-electron chi connectivity index (χ1n) is 13.2. The number of carbonyl (C=O) groups is 2. The molecule has 42 heavy (non-hydrogen) atoms. The van der Waals surface area contributed by atoms with Crippen LogP contribution >= 0.6 is 23.2 Å². The van der Waals surface area contributed by atoms with Crippen molar-refractivity contribution in [2.75, 3.05) is 10.8 Å². The van der Waals surface area contributed by atoms with Gasteiger partial charge in [0.2, 0.25) is 11.8 Å². The van der Waals surface area contributed by atoms with Gasteiger partial charge in [-0.1, -0.05) is 67.4 Å². The first kappa shape index (κ1) is 32.8. The first-order chi connectivity index (χ1) is 19.9. The van der Waals surface area contributed by atoms with Gasteiger partial charge in [-0.25, -0.2) is 8.42 Å². The average molecular weight is 636 g/mol. The zero-order chi connectivity index (χ0) is 31.0. The average Bonchev–Trinajstić information content (AvgIpc) is 2.97. The summed E-state index contributed by atoms with van der Waals surface area (Å²) in [5.41, 5.74) is 0.147. The molecule has 0 aliphatic carbocycles. The minimum absolute atomic E-state index is 0.0731. The number of non-ortho nitro benzene ring substituents is 1. The van der Waals surface area contributed by atoms with E-state index >= 15 is 0 Å². The maximum Gasteiger partial charge on any atom is 0.271 e. The molecule has 0 radical (unpaired) electrons. The monoisotopic (exact) mass is 634 g/mol. The smallest absolute Gasteiger partial charge is 0.271 e. The van der Waals surface area contributed by atoms with Gasteiger partial charge in [-0.05, 0) is 55.7 Å². The van der Waals surface area contributed by atoms with E-state index in [1.165, 1.54) is 47.4 Å². The van der Waals surface area contributed by atoms with E-state index in [4.69, 9.17) is 23.2 Å². The van der Waals surface area contributed by atoms with Crippen molar-refractivity contribution in [1.82, 2.24) is 10.2 Å². The lowest BCUT2D eigenvalue weighted by atomic mass is 10.1. The highest BCUT2D eigenvalue weighted by atomic mass is 35.5. The molecule has 3 rings (SSSR count). The van der Waals surface area contributed by atoms with Crippen molar-refractivity contribution in [2.45, 2.75) is 57.1 Å². The Kier molecular flexibility index (Phi) is 11.3. The number of nitrogens with zero attached hydrogens (tertiary/aromatic N) is 3. The second-order valence-corrected chi connectivity index (χ2v) is 12.3. The Morgan fingerprint density at radius 2 is 1.64 bits per heavy atom. The van der Waals surface area contributed by atoms with E-state index < -0.39 is 39.3 Å². The fourth-order valence-electron chi connectivity index (χ4n) is 4.21. The van der Waals surface area contributed by atoms with Gasteiger partial charge in [0.25, 0.3) is 15.7 Å².